The first kappa shape index (κ1) is 23.1. The monoisotopic (exact) mass is 490 g/mol. The number of rotatable bonds is 7. The van der Waals surface area contributed by atoms with Crippen molar-refractivity contribution in [3.8, 4) is 17.7 Å². The molecule has 12 heteroatoms. The molecule has 3 aromatic heterocycles. The molecule has 1 amide bonds. The van der Waals surface area contributed by atoms with Gasteiger partial charge in [-0.25, -0.2) is 14.6 Å². The molecule has 3 N–H and O–H groups in total. The van der Waals surface area contributed by atoms with Crippen molar-refractivity contribution in [1.29, 1.82) is 5.26 Å². The number of carbonyl (C=O) groups is 1. The van der Waals surface area contributed by atoms with Crippen LogP contribution in [0.2, 0.25) is 0 Å². The van der Waals surface area contributed by atoms with Gasteiger partial charge in [-0.05, 0) is 29.8 Å². The molecule has 12 nitrogen and oxygen atoms in total. The fraction of sp³-hybridized carbons (Fsp3) is 0.0400. The van der Waals surface area contributed by atoms with Gasteiger partial charge < -0.3 is 5.73 Å². The van der Waals surface area contributed by atoms with E-state index < -0.39 is 11.5 Å². The van der Waals surface area contributed by atoms with Crippen LogP contribution in [0.5, 0.6) is 0 Å². The molecule has 0 aliphatic carbocycles. The van der Waals surface area contributed by atoms with Gasteiger partial charge in [-0.3, -0.25) is 14.7 Å². The highest BCUT2D eigenvalue weighted by molar-refractivity contribution is 5.94. The third-order valence-electron chi connectivity index (χ3n) is 5.45. The van der Waals surface area contributed by atoms with Crippen LogP contribution in [0.4, 0.5) is 11.5 Å². The Labute approximate surface area is 209 Å². The summed E-state index contributed by atoms with van der Waals surface area (Å²) in [5.74, 6) is -0.345. The molecule has 0 fully saturated rings. The average Bonchev–Trinajstić information content (AvgIpc) is 3.48. The van der Waals surface area contributed by atoms with Crippen molar-refractivity contribution in [2.24, 2.45) is 16.0 Å². The normalized spacial score (nSPS) is 11.0. The van der Waals surface area contributed by atoms with Crippen LogP contribution in [0.15, 0.2) is 94.3 Å². The number of carbonyl (C=O) groups excluding carboxylic acids is 1. The molecular formula is C25H18N10O2. The number of nitrogens with zero attached hydrogens (tertiary/aromatic N) is 8. The van der Waals surface area contributed by atoms with Gasteiger partial charge in [-0.1, -0.05) is 36.4 Å². The molecule has 5 aromatic rings. The number of nitrogens with two attached hydrogens (primary N) is 1. The molecule has 5 rings (SSSR count). The maximum atomic E-state index is 13.4. The Kier molecular flexibility index (Phi) is 6.16. The second kappa shape index (κ2) is 9.88. The van der Waals surface area contributed by atoms with Crippen molar-refractivity contribution < 1.29 is 4.79 Å². The van der Waals surface area contributed by atoms with Crippen LogP contribution in [0.1, 0.15) is 27.2 Å². The van der Waals surface area contributed by atoms with Crippen molar-refractivity contribution in [2.75, 3.05) is 0 Å². The summed E-state index contributed by atoms with van der Waals surface area (Å²) in [5.41, 5.74) is 7.10. The molecule has 0 aliphatic rings. The number of benzene rings is 2. The van der Waals surface area contributed by atoms with Crippen molar-refractivity contribution in [3.05, 3.63) is 112 Å². The second-order valence-electron chi connectivity index (χ2n) is 7.77. The van der Waals surface area contributed by atoms with Gasteiger partial charge in [0.25, 0.3) is 11.5 Å². The van der Waals surface area contributed by atoms with Gasteiger partial charge in [0.2, 0.25) is 5.91 Å². The quantitative estimate of drug-likeness (QED) is 0.332. The summed E-state index contributed by atoms with van der Waals surface area (Å²) in [6.07, 6.45) is 4.51. The Morgan fingerprint density at radius 3 is 2.49 bits per heavy atom. The van der Waals surface area contributed by atoms with Gasteiger partial charge in [-0.2, -0.15) is 15.0 Å². The van der Waals surface area contributed by atoms with Crippen LogP contribution in [-0.4, -0.2) is 35.4 Å². The van der Waals surface area contributed by atoms with E-state index in [2.05, 4.69) is 30.4 Å². The Morgan fingerprint density at radius 1 is 1.03 bits per heavy atom. The Balaban J connectivity index is 1.64. The van der Waals surface area contributed by atoms with Crippen molar-refractivity contribution in [1.82, 2.24) is 29.5 Å². The number of azo groups is 1. The highest BCUT2D eigenvalue weighted by atomic mass is 16.1. The SMILES string of the molecule is N#Cc1cnn(-c2ncccn2)c1N=Nc1c(Cc2ccccc2C(N)=O)[nH]n(-c2ccccc2)c1=O. The van der Waals surface area contributed by atoms with E-state index in [0.717, 1.165) is 0 Å². The lowest BCUT2D eigenvalue weighted by Crippen LogP contribution is -2.14. The fourth-order valence-corrected chi connectivity index (χ4v) is 3.73. The maximum absolute atomic E-state index is 13.4. The summed E-state index contributed by atoms with van der Waals surface area (Å²) in [4.78, 5) is 33.7. The number of amides is 1. The Hall–Kier alpha value is -5.70. The van der Waals surface area contributed by atoms with Crippen LogP contribution in [0.3, 0.4) is 0 Å². The van der Waals surface area contributed by atoms with Crippen LogP contribution < -0.4 is 11.3 Å². The number of nitriles is 1. The van der Waals surface area contributed by atoms with Gasteiger partial charge >= 0.3 is 0 Å². The number of nitrogens with one attached hydrogen (secondary N) is 1. The highest BCUT2D eigenvalue weighted by Crippen LogP contribution is 2.26. The van der Waals surface area contributed by atoms with Gasteiger partial charge in [-0.15, -0.1) is 10.2 Å². The summed E-state index contributed by atoms with van der Waals surface area (Å²) in [5, 5.41) is 25.2. The number of para-hydroxylation sites is 1. The smallest absolute Gasteiger partial charge is 0.299 e. The third kappa shape index (κ3) is 4.52. The summed E-state index contributed by atoms with van der Waals surface area (Å²) in [7, 11) is 0. The molecule has 180 valence electrons. The predicted octanol–water partition coefficient (Wildman–Crippen LogP) is 3.12. The average molecular weight is 490 g/mol. The molecule has 3 heterocycles. The van der Waals surface area contributed by atoms with Gasteiger partial charge in [0.05, 0.1) is 17.6 Å². The zero-order valence-electron chi connectivity index (χ0n) is 19.2. The highest BCUT2D eigenvalue weighted by Gasteiger charge is 2.19. The van der Waals surface area contributed by atoms with E-state index >= 15 is 0 Å². The van der Waals surface area contributed by atoms with Gasteiger partial charge in [0, 0.05) is 24.4 Å². The van der Waals surface area contributed by atoms with Crippen LogP contribution in [0, 0.1) is 11.3 Å². The number of hydrogen-bond donors (Lipinski definition) is 2. The van der Waals surface area contributed by atoms with E-state index in [4.69, 9.17) is 5.73 Å². The lowest BCUT2D eigenvalue weighted by molar-refractivity contribution is 0.0999. The van der Waals surface area contributed by atoms with E-state index in [0.29, 0.717) is 22.5 Å². The molecule has 0 unspecified atom stereocenters. The van der Waals surface area contributed by atoms with Crippen LogP contribution in [-0.2, 0) is 6.42 Å². The lowest BCUT2D eigenvalue weighted by atomic mass is 10.0. The van der Waals surface area contributed by atoms with E-state index in [-0.39, 0.29) is 29.4 Å². The lowest BCUT2D eigenvalue weighted by Gasteiger charge is -2.06. The molecule has 0 radical (unpaired) electrons. The van der Waals surface area contributed by atoms with Crippen LogP contribution in [0.25, 0.3) is 11.6 Å². The van der Waals surface area contributed by atoms with Gasteiger partial charge in [0.1, 0.15) is 11.6 Å². The molecule has 37 heavy (non-hydrogen) atoms. The predicted molar refractivity (Wildman–Crippen MR) is 132 cm³/mol. The second-order valence-corrected chi connectivity index (χ2v) is 7.77. The Morgan fingerprint density at radius 2 is 1.76 bits per heavy atom. The summed E-state index contributed by atoms with van der Waals surface area (Å²) < 4.78 is 2.59. The first-order chi connectivity index (χ1) is 18.1. The zero-order valence-corrected chi connectivity index (χ0v) is 19.2. The topological polar surface area (TPSA) is 173 Å². The molecule has 0 bridgehead atoms. The van der Waals surface area contributed by atoms with Gasteiger partial charge in [0.15, 0.2) is 11.5 Å². The molecule has 0 aliphatic heterocycles. The summed E-state index contributed by atoms with van der Waals surface area (Å²) in [6, 6.07) is 19.4. The largest absolute Gasteiger partial charge is 0.366 e. The molecule has 2 aromatic carbocycles. The zero-order chi connectivity index (χ0) is 25.8. The van der Waals surface area contributed by atoms with E-state index in [1.165, 1.54) is 28.0 Å². The van der Waals surface area contributed by atoms with E-state index in [1.54, 1.807) is 54.6 Å². The third-order valence-corrected chi connectivity index (χ3v) is 5.45. The van der Waals surface area contributed by atoms with Crippen molar-refractivity contribution in [3.63, 3.8) is 0 Å². The van der Waals surface area contributed by atoms with E-state index in [1.807, 2.05) is 12.1 Å². The number of aromatic amines is 1. The molecule has 0 atom stereocenters. The fourth-order valence-electron chi connectivity index (χ4n) is 3.73. The van der Waals surface area contributed by atoms with Crippen LogP contribution >= 0.6 is 0 Å². The first-order valence-electron chi connectivity index (χ1n) is 11.0. The minimum atomic E-state index is -0.589. The van der Waals surface area contributed by atoms with E-state index in [9.17, 15) is 14.9 Å². The molecule has 0 saturated heterocycles. The molecule has 0 spiro atoms. The summed E-state index contributed by atoms with van der Waals surface area (Å²) in [6.45, 7) is 0. The van der Waals surface area contributed by atoms with Crippen molar-refractivity contribution >= 4 is 17.4 Å². The Bertz CT molecular complexity index is 1710. The maximum Gasteiger partial charge on any atom is 0.299 e. The molecule has 0 saturated carbocycles. The standard InChI is InChI=1S/C25H18N10O2/c26-14-17-15-30-35(25-28-11-6-12-29-25)23(17)32-31-21-20(13-16-7-4-5-10-19(16)22(27)36)33-34(24(21)37)18-8-2-1-3-9-18/h1-12,15,33H,13H2,(H2,27,36). The minimum Gasteiger partial charge on any atom is -0.366 e. The minimum absolute atomic E-state index is 0.00579. The first-order valence-corrected chi connectivity index (χ1v) is 11.0. The number of H-pyrrole nitrogens is 1. The molecular weight excluding hydrogens is 472 g/mol. The summed E-state index contributed by atoms with van der Waals surface area (Å²) >= 11 is 0. The number of aromatic nitrogens is 6. The number of hydrogen-bond acceptors (Lipinski definition) is 8. The number of primary amides is 1. The van der Waals surface area contributed by atoms with Crippen molar-refractivity contribution in [2.45, 2.75) is 6.42 Å².